The summed E-state index contributed by atoms with van der Waals surface area (Å²) >= 11 is 7.91. The molecule has 4 rings (SSSR count). The third-order valence-electron chi connectivity index (χ3n) is 5.34. The first-order valence-electron chi connectivity index (χ1n) is 9.30. The highest BCUT2D eigenvalue weighted by atomic mass is 35.5. The van der Waals surface area contributed by atoms with Crippen LogP contribution in [0.25, 0.3) is 0 Å². The summed E-state index contributed by atoms with van der Waals surface area (Å²) in [5.74, 6) is -0.335. The van der Waals surface area contributed by atoms with Gasteiger partial charge in [0, 0.05) is 39.6 Å². The van der Waals surface area contributed by atoms with Crippen LogP contribution >= 0.6 is 22.9 Å². The third-order valence-corrected chi connectivity index (χ3v) is 6.71. The Hall–Kier alpha value is -3.15. The van der Waals surface area contributed by atoms with Crippen LogP contribution < -0.4 is 10.6 Å². The van der Waals surface area contributed by atoms with E-state index in [1.807, 2.05) is 19.1 Å². The monoisotopic (exact) mass is 440 g/mol. The number of carbonyl (C=O) groups excluding carboxylic acids is 1. The fraction of sp³-hybridized carbons (Fsp3) is 0.238. The Labute approximate surface area is 181 Å². The molecule has 0 saturated heterocycles. The van der Waals surface area contributed by atoms with Gasteiger partial charge in [-0.05, 0) is 38.0 Å². The van der Waals surface area contributed by atoms with E-state index in [-0.39, 0.29) is 27.9 Å². The normalized spacial score (nSPS) is 19.0. The molecule has 2 heterocycles. The van der Waals surface area contributed by atoms with E-state index in [0.717, 1.165) is 9.75 Å². The molecule has 0 saturated carbocycles. The number of nitro groups is 1. The van der Waals surface area contributed by atoms with Gasteiger partial charge in [-0.25, -0.2) is 0 Å². The van der Waals surface area contributed by atoms with Crippen LogP contribution in [-0.4, -0.2) is 10.7 Å². The minimum absolute atomic E-state index is 0.0180. The van der Waals surface area contributed by atoms with Crippen LogP contribution in [0, 0.1) is 28.4 Å². The zero-order valence-electron chi connectivity index (χ0n) is 16.0. The summed E-state index contributed by atoms with van der Waals surface area (Å²) in [5.41, 5.74) is 8.27. The van der Waals surface area contributed by atoms with Gasteiger partial charge in [0.25, 0.3) is 5.69 Å². The zero-order valence-corrected chi connectivity index (χ0v) is 17.6. The summed E-state index contributed by atoms with van der Waals surface area (Å²) in [7, 11) is 0. The highest BCUT2D eigenvalue weighted by molar-refractivity contribution is 7.12. The average Bonchev–Trinajstić information content (AvgIpc) is 3.13. The highest BCUT2D eigenvalue weighted by Gasteiger charge is 2.41. The lowest BCUT2D eigenvalue weighted by Gasteiger charge is -2.39. The number of anilines is 1. The number of benzene rings is 1. The third kappa shape index (κ3) is 3.16. The lowest BCUT2D eigenvalue weighted by atomic mass is 9.78. The number of aryl methyl sites for hydroxylation is 1. The van der Waals surface area contributed by atoms with E-state index >= 15 is 0 Å². The smallest absolute Gasteiger partial charge is 0.271 e. The number of carbonyl (C=O) groups is 1. The Morgan fingerprint density at radius 1 is 1.33 bits per heavy atom. The lowest BCUT2D eigenvalue weighted by Crippen LogP contribution is -2.38. The summed E-state index contributed by atoms with van der Waals surface area (Å²) < 4.78 is 0. The maximum Gasteiger partial charge on any atom is 0.271 e. The molecule has 2 aliphatic rings. The van der Waals surface area contributed by atoms with Crippen molar-refractivity contribution in [2.45, 2.75) is 32.1 Å². The molecule has 1 aliphatic heterocycles. The molecule has 2 aromatic rings. The number of hydrogen-bond acceptors (Lipinski definition) is 7. The maximum absolute atomic E-state index is 13.0. The number of rotatable bonds is 3. The van der Waals surface area contributed by atoms with Gasteiger partial charge in [0.05, 0.1) is 33.2 Å². The van der Waals surface area contributed by atoms with E-state index in [2.05, 4.69) is 6.07 Å². The van der Waals surface area contributed by atoms with Crippen molar-refractivity contribution in [3.8, 4) is 6.07 Å². The number of thiophene rings is 1. The van der Waals surface area contributed by atoms with Crippen molar-refractivity contribution in [2.75, 3.05) is 4.90 Å². The number of non-ortho nitro benzene ring substituents is 1. The number of nitrogens with two attached hydrogens (primary N) is 1. The molecule has 0 fully saturated rings. The molecule has 9 heteroatoms. The average molecular weight is 441 g/mol. The van der Waals surface area contributed by atoms with Crippen molar-refractivity contribution >= 4 is 40.1 Å². The fourth-order valence-corrected chi connectivity index (χ4v) is 5.30. The molecule has 2 N–H and O–H groups in total. The SMILES string of the molecule is Cc1ccc(C2C(C#N)=C(N)N(c3ccc([N+](=O)[O-])cc3Cl)C3=C2C(=O)CCC3)s1. The molecule has 1 aromatic carbocycles. The molecule has 0 radical (unpaired) electrons. The molecular weight excluding hydrogens is 424 g/mol. The zero-order chi connectivity index (χ0) is 21.6. The number of halogens is 1. The second-order valence-corrected chi connectivity index (χ2v) is 8.88. The van der Waals surface area contributed by atoms with E-state index in [4.69, 9.17) is 17.3 Å². The summed E-state index contributed by atoms with van der Waals surface area (Å²) in [5, 5.41) is 21.2. The first-order valence-corrected chi connectivity index (χ1v) is 10.5. The molecule has 1 atom stereocenters. The minimum atomic E-state index is -0.532. The van der Waals surface area contributed by atoms with Crippen molar-refractivity contribution < 1.29 is 9.72 Å². The van der Waals surface area contributed by atoms with Crippen molar-refractivity contribution in [2.24, 2.45) is 5.73 Å². The molecule has 152 valence electrons. The largest absolute Gasteiger partial charge is 0.384 e. The number of nitrogens with zero attached hydrogens (tertiary/aromatic N) is 3. The van der Waals surface area contributed by atoms with Crippen LogP contribution in [0.4, 0.5) is 11.4 Å². The number of Topliss-reactive ketones (excluding diaryl/α,β-unsaturated/α-hetero) is 1. The Morgan fingerprint density at radius 2 is 2.10 bits per heavy atom. The van der Waals surface area contributed by atoms with E-state index in [1.165, 1.54) is 29.5 Å². The molecule has 1 unspecified atom stereocenters. The molecule has 30 heavy (non-hydrogen) atoms. The Kier molecular flexibility index (Phi) is 5.10. The van der Waals surface area contributed by atoms with Crippen LogP contribution in [0.2, 0.25) is 5.02 Å². The second-order valence-electron chi connectivity index (χ2n) is 7.16. The summed E-state index contributed by atoms with van der Waals surface area (Å²) in [6.45, 7) is 1.97. The maximum atomic E-state index is 13.0. The standard InChI is InChI=1S/C21H17ClN4O3S/c1-11-5-8-18(30-11)19-13(10-23)21(24)25(16-3-2-4-17(27)20(16)19)15-7-6-12(26(28)29)9-14(15)22/h5-9,19H,2-4,24H2,1H3. The van der Waals surface area contributed by atoms with Crippen LogP contribution in [0.3, 0.4) is 0 Å². The number of nitriles is 1. The van der Waals surface area contributed by atoms with Gasteiger partial charge in [0.1, 0.15) is 5.82 Å². The van der Waals surface area contributed by atoms with Gasteiger partial charge in [-0.15, -0.1) is 11.3 Å². The van der Waals surface area contributed by atoms with Crippen molar-refractivity contribution in [3.63, 3.8) is 0 Å². The molecular formula is C21H17ClN4O3S. The van der Waals surface area contributed by atoms with Crippen molar-refractivity contribution in [3.05, 3.63) is 77.9 Å². The first kappa shape index (κ1) is 20.1. The molecule has 0 spiro atoms. The van der Waals surface area contributed by atoms with E-state index in [9.17, 15) is 20.2 Å². The van der Waals surface area contributed by atoms with E-state index < -0.39 is 10.8 Å². The van der Waals surface area contributed by atoms with Crippen LogP contribution in [-0.2, 0) is 4.79 Å². The molecule has 1 aliphatic carbocycles. The molecule has 7 nitrogen and oxygen atoms in total. The number of nitro benzene ring substituents is 1. The van der Waals surface area contributed by atoms with Gasteiger partial charge in [0.15, 0.2) is 5.78 Å². The Balaban J connectivity index is 1.96. The Bertz CT molecular complexity index is 1190. The van der Waals surface area contributed by atoms with Gasteiger partial charge in [-0.1, -0.05) is 11.6 Å². The first-order chi connectivity index (χ1) is 14.3. The number of ketones is 1. The van der Waals surface area contributed by atoms with E-state index in [0.29, 0.717) is 36.2 Å². The molecule has 0 amide bonds. The Morgan fingerprint density at radius 3 is 2.70 bits per heavy atom. The summed E-state index contributed by atoms with van der Waals surface area (Å²) in [6, 6.07) is 10.2. The topological polar surface area (TPSA) is 113 Å². The predicted octanol–water partition coefficient (Wildman–Crippen LogP) is 4.92. The van der Waals surface area contributed by atoms with Crippen LogP contribution in [0.5, 0.6) is 0 Å². The number of hydrogen-bond donors (Lipinski definition) is 1. The molecule has 1 aromatic heterocycles. The van der Waals surface area contributed by atoms with Crippen LogP contribution in [0.1, 0.15) is 34.9 Å². The summed E-state index contributed by atoms with van der Waals surface area (Å²) in [4.78, 5) is 27.2. The second kappa shape index (κ2) is 7.59. The van der Waals surface area contributed by atoms with E-state index in [1.54, 1.807) is 4.90 Å². The fourth-order valence-electron chi connectivity index (χ4n) is 4.05. The highest BCUT2D eigenvalue weighted by Crippen LogP contribution is 2.48. The van der Waals surface area contributed by atoms with Crippen molar-refractivity contribution in [1.29, 1.82) is 5.26 Å². The van der Waals surface area contributed by atoms with Gasteiger partial charge in [0.2, 0.25) is 0 Å². The predicted molar refractivity (Wildman–Crippen MR) is 115 cm³/mol. The van der Waals surface area contributed by atoms with Crippen molar-refractivity contribution in [1.82, 2.24) is 0 Å². The quantitative estimate of drug-likeness (QED) is 0.535. The molecule has 0 bridgehead atoms. The van der Waals surface area contributed by atoms with Gasteiger partial charge >= 0.3 is 0 Å². The van der Waals surface area contributed by atoms with Crippen LogP contribution in [0.15, 0.2) is 53.0 Å². The summed E-state index contributed by atoms with van der Waals surface area (Å²) in [6.07, 6.45) is 1.65. The van der Waals surface area contributed by atoms with Gasteiger partial charge < -0.3 is 5.73 Å². The lowest BCUT2D eigenvalue weighted by molar-refractivity contribution is -0.384. The number of allylic oxidation sites excluding steroid dienone is 3. The minimum Gasteiger partial charge on any atom is -0.384 e. The van der Waals surface area contributed by atoms with Gasteiger partial charge in [-0.3, -0.25) is 19.8 Å². The van der Waals surface area contributed by atoms with Gasteiger partial charge in [-0.2, -0.15) is 5.26 Å².